The lowest BCUT2D eigenvalue weighted by atomic mass is 9.98. The molecule has 1 atom stereocenters. The third-order valence-corrected chi connectivity index (χ3v) is 4.37. The number of hydrogen-bond donors (Lipinski definition) is 1. The average molecular weight is 260 g/mol. The van der Waals surface area contributed by atoms with E-state index in [1.165, 1.54) is 36.1 Å². The third kappa shape index (κ3) is 3.58. The molecule has 1 unspecified atom stereocenters. The highest BCUT2D eigenvalue weighted by Gasteiger charge is 2.29. The van der Waals surface area contributed by atoms with Gasteiger partial charge in [0.1, 0.15) is 0 Å². The summed E-state index contributed by atoms with van der Waals surface area (Å²) in [4.78, 5) is 2.59. The van der Waals surface area contributed by atoms with Gasteiger partial charge in [-0.2, -0.15) is 0 Å². The maximum atomic E-state index is 6.09. The number of hydrogen-bond acceptors (Lipinski definition) is 2. The normalized spacial score (nSPS) is 17.2. The molecule has 1 aliphatic carbocycles. The van der Waals surface area contributed by atoms with E-state index >= 15 is 0 Å². The van der Waals surface area contributed by atoms with Crippen molar-refractivity contribution in [2.24, 2.45) is 11.7 Å². The molecule has 0 bridgehead atoms. The molecule has 106 valence electrons. The van der Waals surface area contributed by atoms with Gasteiger partial charge in [-0.1, -0.05) is 18.2 Å². The summed E-state index contributed by atoms with van der Waals surface area (Å²) in [5.41, 5.74) is 10.2. The molecule has 2 N–H and O–H groups in total. The number of benzene rings is 1. The van der Waals surface area contributed by atoms with Crippen molar-refractivity contribution < 1.29 is 0 Å². The minimum atomic E-state index is 0.361. The van der Waals surface area contributed by atoms with Crippen molar-refractivity contribution in [3.05, 3.63) is 34.9 Å². The maximum Gasteiger partial charge on any atom is 0.0473 e. The Bertz CT molecular complexity index is 421. The first-order valence-electron chi connectivity index (χ1n) is 7.56. The zero-order valence-corrected chi connectivity index (χ0v) is 12.8. The molecule has 2 rings (SSSR count). The van der Waals surface area contributed by atoms with E-state index in [0.717, 1.165) is 5.92 Å². The van der Waals surface area contributed by atoms with E-state index < -0.39 is 0 Å². The Labute approximate surface area is 118 Å². The molecular weight excluding hydrogens is 232 g/mol. The molecule has 0 heterocycles. The topological polar surface area (TPSA) is 29.3 Å². The quantitative estimate of drug-likeness (QED) is 0.849. The monoisotopic (exact) mass is 260 g/mol. The summed E-state index contributed by atoms with van der Waals surface area (Å²) < 4.78 is 0. The van der Waals surface area contributed by atoms with Crippen LogP contribution in [-0.2, 0) is 0 Å². The minimum Gasteiger partial charge on any atom is -0.329 e. The molecule has 1 saturated carbocycles. The second kappa shape index (κ2) is 6.06. The Hall–Kier alpha value is -0.860. The van der Waals surface area contributed by atoms with Gasteiger partial charge in [-0.05, 0) is 63.1 Å². The van der Waals surface area contributed by atoms with Crippen molar-refractivity contribution in [1.29, 1.82) is 0 Å². The van der Waals surface area contributed by atoms with Crippen LogP contribution in [0.3, 0.4) is 0 Å². The second-order valence-electron chi connectivity index (χ2n) is 6.33. The summed E-state index contributed by atoms with van der Waals surface area (Å²) in [5, 5.41) is 0. The zero-order valence-electron chi connectivity index (χ0n) is 12.8. The van der Waals surface area contributed by atoms with Crippen LogP contribution < -0.4 is 5.73 Å². The largest absolute Gasteiger partial charge is 0.329 e. The Kier molecular flexibility index (Phi) is 4.64. The van der Waals surface area contributed by atoms with Gasteiger partial charge in [0, 0.05) is 25.2 Å². The van der Waals surface area contributed by atoms with Gasteiger partial charge in [-0.3, -0.25) is 4.90 Å². The lowest BCUT2D eigenvalue weighted by molar-refractivity contribution is 0.149. The molecule has 1 fully saturated rings. The van der Waals surface area contributed by atoms with Crippen LogP contribution in [0.1, 0.15) is 49.4 Å². The van der Waals surface area contributed by atoms with Gasteiger partial charge in [0.2, 0.25) is 0 Å². The van der Waals surface area contributed by atoms with Crippen LogP contribution in [0.2, 0.25) is 0 Å². The highest BCUT2D eigenvalue weighted by molar-refractivity contribution is 5.32. The van der Waals surface area contributed by atoms with E-state index in [1.54, 1.807) is 0 Å². The molecular formula is C17H28N2. The van der Waals surface area contributed by atoms with Crippen LogP contribution in [0.5, 0.6) is 0 Å². The van der Waals surface area contributed by atoms with Crippen molar-refractivity contribution in [3.63, 3.8) is 0 Å². The van der Waals surface area contributed by atoms with E-state index in [1.807, 2.05) is 0 Å². The van der Waals surface area contributed by atoms with Gasteiger partial charge >= 0.3 is 0 Å². The molecule has 19 heavy (non-hydrogen) atoms. The van der Waals surface area contributed by atoms with Gasteiger partial charge in [0.25, 0.3) is 0 Å². The van der Waals surface area contributed by atoms with Gasteiger partial charge < -0.3 is 5.73 Å². The van der Waals surface area contributed by atoms with Gasteiger partial charge in [0.15, 0.2) is 0 Å². The van der Waals surface area contributed by atoms with Crippen LogP contribution in [0.4, 0.5) is 0 Å². The van der Waals surface area contributed by atoms with Gasteiger partial charge in [-0.15, -0.1) is 0 Å². The number of rotatable bonds is 6. The lowest BCUT2D eigenvalue weighted by Crippen LogP contribution is -2.40. The Morgan fingerprint density at radius 3 is 2.37 bits per heavy atom. The summed E-state index contributed by atoms with van der Waals surface area (Å²) in [6, 6.07) is 7.70. The van der Waals surface area contributed by atoms with Crippen LogP contribution in [-0.4, -0.2) is 24.0 Å². The molecule has 1 aromatic carbocycles. The Balaban J connectivity index is 2.21. The molecule has 0 amide bonds. The number of aryl methyl sites for hydroxylation is 2. The van der Waals surface area contributed by atoms with E-state index in [9.17, 15) is 0 Å². The highest BCUT2D eigenvalue weighted by Crippen LogP contribution is 2.34. The Morgan fingerprint density at radius 1 is 1.21 bits per heavy atom. The number of nitrogens with two attached hydrogens (primary N) is 1. The van der Waals surface area contributed by atoms with Crippen LogP contribution in [0.15, 0.2) is 18.2 Å². The van der Waals surface area contributed by atoms with Crippen LogP contribution in [0, 0.1) is 19.8 Å². The second-order valence-corrected chi connectivity index (χ2v) is 6.33. The van der Waals surface area contributed by atoms with E-state index in [-0.39, 0.29) is 0 Å². The first-order chi connectivity index (χ1) is 9.02. The molecule has 0 spiro atoms. The molecule has 2 heteroatoms. The fourth-order valence-corrected chi connectivity index (χ4v) is 2.73. The molecule has 1 aliphatic rings. The van der Waals surface area contributed by atoms with Gasteiger partial charge in [0.05, 0.1) is 0 Å². The van der Waals surface area contributed by atoms with Crippen molar-refractivity contribution in [2.75, 3.05) is 13.1 Å². The van der Waals surface area contributed by atoms with Crippen molar-refractivity contribution in [3.8, 4) is 0 Å². The maximum absolute atomic E-state index is 6.09. The molecule has 0 aromatic heterocycles. The lowest BCUT2D eigenvalue weighted by Gasteiger charge is -2.35. The van der Waals surface area contributed by atoms with Gasteiger partial charge in [-0.25, -0.2) is 0 Å². The first-order valence-corrected chi connectivity index (χ1v) is 7.56. The Morgan fingerprint density at radius 2 is 1.89 bits per heavy atom. The van der Waals surface area contributed by atoms with E-state index in [4.69, 9.17) is 5.73 Å². The average Bonchev–Trinajstić information content (AvgIpc) is 3.17. The highest BCUT2D eigenvalue weighted by atomic mass is 15.2. The first kappa shape index (κ1) is 14.5. The van der Waals surface area contributed by atoms with E-state index in [0.29, 0.717) is 18.6 Å². The summed E-state index contributed by atoms with van der Waals surface area (Å²) in [6.07, 6.45) is 2.79. The van der Waals surface area contributed by atoms with Crippen LogP contribution >= 0.6 is 0 Å². The minimum absolute atomic E-state index is 0.361. The fraction of sp³-hybridized carbons (Fsp3) is 0.647. The van der Waals surface area contributed by atoms with Crippen molar-refractivity contribution in [1.82, 2.24) is 4.90 Å². The summed E-state index contributed by atoms with van der Waals surface area (Å²) >= 11 is 0. The molecule has 0 radical (unpaired) electrons. The smallest absolute Gasteiger partial charge is 0.0473 e. The third-order valence-electron chi connectivity index (χ3n) is 4.37. The summed E-state index contributed by atoms with van der Waals surface area (Å²) in [7, 11) is 0. The molecule has 0 aliphatic heterocycles. The number of nitrogens with zero attached hydrogens (tertiary/aromatic N) is 1. The standard InChI is InChI=1S/C17H28N2/c1-12(2)19(11-15-6-7-15)17(10-18)16-8-5-13(3)14(4)9-16/h5,8-9,12,15,17H,6-7,10-11,18H2,1-4H3. The SMILES string of the molecule is Cc1ccc(C(CN)N(CC2CC2)C(C)C)cc1C. The van der Waals surface area contributed by atoms with E-state index in [2.05, 4.69) is 50.8 Å². The molecule has 1 aromatic rings. The zero-order chi connectivity index (χ0) is 14.0. The summed E-state index contributed by atoms with van der Waals surface area (Å²) in [5.74, 6) is 0.906. The fourth-order valence-electron chi connectivity index (χ4n) is 2.73. The van der Waals surface area contributed by atoms with Crippen molar-refractivity contribution >= 4 is 0 Å². The molecule has 0 saturated heterocycles. The molecule has 2 nitrogen and oxygen atoms in total. The van der Waals surface area contributed by atoms with Crippen molar-refractivity contribution in [2.45, 2.75) is 52.6 Å². The predicted octanol–water partition coefficient (Wildman–Crippen LogP) is 3.42. The summed E-state index contributed by atoms with van der Waals surface area (Å²) in [6.45, 7) is 10.8. The van der Waals surface area contributed by atoms with Crippen LogP contribution in [0.25, 0.3) is 0 Å². The predicted molar refractivity (Wildman–Crippen MR) is 82.3 cm³/mol.